The fourth-order valence-corrected chi connectivity index (χ4v) is 3.36. The molecule has 1 N–H and O–H groups in total. The molecule has 0 saturated carbocycles. The van der Waals surface area contributed by atoms with Gasteiger partial charge in [0.1, 0.15) is 0 Å². The number of carbonyl (C=O) groups excluding carboxylic acids is 2. The third-order valence-electron chi connectivity index (χ3n) is 4.65. The first-order valence-electron chi connectivity index (χ1n) is 8.93. The zero-order chi connectivity index (χ0) is 17.5. The SMILES string of the molecule is O=C(NCCCC(=O)N1CCCC1c1ccccc1)c1ccccc1. The maximum absolute atomic E-state index is 12.6. The summed E-state index contributed by atoms with van der Waals surface area (Å²) in [7, 11) is 0. The highest BCUT2D eigenvalue weighted by molar-refractivity contribution is 5.94. The number of benzene rings is 2. The van der Waals surface area contributed by atoms with Crippen LogP contribution in [0.4, 0.5) is 0 Å². The van der Waals surface area contributed by atoms with E-state index in [1.54, 1.807) is 12.1 Å². The number of rotatable bonds is 6. The van der Waals surface area contributed by atoms with Gasteiger partial charge < -0.3 is 10.2 Å². The lowest BCUT2D eigenvalue weighted by atomic mass is 10.0. The Kier molecular flexibility index (Phi) is 5.83. The number of nitrogens with one attached hydrogen (secondary N) is 1. The third kappa shape index (κ3) is 4.47. The molecule has 0 aliphatic carbocycles. The summed E-state index contributed by atoms with van der Waals surface area (Å²) in [4.78, 5) is 26.5. The van der Waals surface area contributed by atoms with Crippen molar-refractivity contribution >= 4 is 11.8 Å². The molecule has 1 saturated heterocycles. The minimum absolute atomic E-state index is 0.0867. The summed E-state index contributed by atoms with van der Waals surface area (Å²) in [6.07, 6.45) is 3.21. The zero-order valence-corrected chi connectivity index (χ0v) is 14.4. The van der Waals surface area contributed by atoms with Crippen LogP contribution >= 0.6 is 0 Å². The molecule has 0 bridgehead atoms. The van der Waals surface area contributed by atoms with Gasteiger partial charge in [-0.05, 0) is 37.0 Å². The Morgan fingerprint density at radius 2 is 1.68 bits per heavy atom. The summed E-state index contributed by atoms with van der Waals surface area (Å²) < 4.78 is 0. The number of amides is 2. The van der Waals surface area contributed by atoms with Crippen LogP contribution in [0.3, 0.4) is 0 Å². The van der Waals surface area contributed by atoms with Crippen LogP contribution in [0.15, 0.2) is 60.7 Å². The standard InChI is InChI=1S/C21H24N2O2/c24-20(14-7-15-22-21(25)18-11-5-2-6-12-18)23-16-8-13-19(23)17-9-3-1-4-10-17/h1-6,9-12,19H,7-8,13-16H2,(H,22,25). The van der Waals surface area contributed by atoms with Crippen molar-refractivity contribution in [3.05, 3.63) is 71.8 Å². The lowest BCUT2D eigenvalue weighted by molar-refractivity contribution is -0.132. The van der Waals surface area contributed by atoms with E-state index in [2.05, 4.69) is 17.4 Å². The normalized spacial score (nSPS) is 16.6. The Bertz CT molecular complexity index is 700. The maximum atomic E-state index is 12.6. The van der Waals surface area contributed by atoms with E-state index < -0.39 is 0 Å². The summed E-state index contributed by atoms with van der Waals surface area (Å²) >= 11 is 0. The second-order valence-electron chi connectivity index (χ2n) is 6.38. The van der Waals surface area contributed by atoms with Crippen molar-refractivity contribution in [2.24, 2.45) is 0 Å². The van der Waals surface area contributed by atoms with Gasteiger partial charge in [0.05, 0.1) is 6.04 Å². The number of nitrogens with zero attached hydrogens (tertiary/aromatic N) is 1. The third-order valence-corrected chi connectivity index (χ3v) is 4.65. The molecule has 0 aromatic heterocycles. The predicted octanol–water partition coefficient (Wildman–Crippen LogP) is 3.56. The van der Waals surface area contributed by atoms with Crippen molar-refractivity contribution < 1.29 is 9.59 Å². The Balaban J connectivity index is 1.45. The van der Waals surface area contributed by atoms with E-state index in [0.717, 1.165) is 19.4 Å². The fourth-order valence-electron chi connectivity index (χ4n) is 3.36. The molecule has 4 heteroatoms. The van der Waals surface area contributed by atoms with E-state index in [4.69, 9.17) is 0 Å². The Morgan fingerprint density at radius 3 is 2.40 bits per heavy atom. The largest absolute Gasteiger partial charge is 0.352 e. The monoisotopic (exact) mass is 336 g/mol. The topological polar surface area (TPSA) is 49.4 Å². The number of carbonyl (C=O) groups is 2. The average molecular weight is 336 g/mol. The van der Waals surface area contributed by atoms with E-state index >= 15 is 0 Å². The van der Waals surface area contributed by atoms with Gasteiger partial charge in [-0.3, -0.25) is 9.59 Å². The van der Waals surface area contributed by atoms with Gasteiger partial charge in [-0.15, -0.1) is 0 Å². The highest BCUT2D eigenvalue weighted by Crippen LogP contribution is 2.32. The number of hydrogen-bond donors (Lipinski definition) is 1. The van der Waals surface area contributed by atoms with Crippen molar-refractivity contribution in [2.45, 2.75) is 31.7 Å². The van der Waals surface area contributed by atoms with E-state index in [1.165, 1.54) is 5.56 Å². The van der Waals surface area contributed by atoms with Crippen molar-refractivity contribution in [1.29, 1.82) is 0 Å². The van der Waals surface area contributed by atoms with Crippen LogP contribution in [0.5, 0.6) is 0 Å². The second kappa shape index (κ2) is 8.47. The molecule has 0 spiro atoms. The Hall–Kier alpha value is -2.62. The molecule has 1 aliphatic rings. The first-order valence-corrected chi connectivity index (χ1v) is 8.93. The molecule has 4 nitrogen and oxygen atoms in total. The Labute approximate surface area is 148 Å². The molecule has 1 heterocycles. The quantitative estimate of drug-likeness (QED) is 0.820. The van der Waals surface area contributed by atoms with Gasteiger partial charge >= 0.3 is 0 Å². The Morgan fingerprint density at radius 1 is 1.00 bits per heavy atom. The van der Waals surface area contributed by atoms with Gasteiger partial charge in [-0.2, -0.15) is 0 Å². The minimum atomic E-state index is -0.0867. The first kappa shape index (κ1) is 17.2. The van der Waals surface area contributed by atoms with Gasteiger partial charge in [-0.1, -0.05) is 48.5 Å². The lowest BCUT2D eigenvalue weighted by Gasteiger charge is -2.25. The summed E-state index contributed by atoms with van der Waals surface area (Å²) in [5.41, 5.74) is 1.86. The maximum Gasteiger partial charge on any atom is 0.251 e. The summed E-state index contributed by atoms with van der Waals surface area (Å²) in [5, 5.41) is 2.88. The summed E-state index contributed by atoms with van der Waals surface area (Å²) in [6, 6.07) is 19.6. The van der Waals surface area contributed by atoms with Crippen LogP contribution in [-0.2, 0) is 4.79 Å². The van der Waals surface area contributed by atoms with Gasteiger partial charge in [-0.25, -0.2) is 0 Å². The van der Waals surface area contributed by atoms with Gasteiger partial charge in [0.25, 0.3) is 5.91 Å². The van der Waals surface area contributed by atoms with Crippen LogP contribution in [0.1, 0.15) is 47.6 Å². The van der Waals surface area contributed by atoms with Gasteiger partial charge in [0.15, 0.2) is 0 Å². The molecule has 1 aliphatic heterocycles. The fraction of sp³-hybridized carbons (Fsp3) is 0.333. The van der Waals surface area contributed by atoms with Gasteiger partial charge in [0, 0.05) is 25.1 Å². The highest BCUT2D eigenvalue weighted by atomic mass is 16.2. The van der Waals surface area contributed by atoms with E-state index in [9.17, 15) is 9.59 Å². The van der Waals surface area contributed by atoms with Crippen molar-refractivity contribution in [3.63, 3.8) is 0 Å². The zero-order valence-electron chi connectivity index (χ0n) is 14.4. The molecule has 25 heavy (non-hydrogen) atoms. The van der Waals surface area contributed by atoms with Gasteiger partial charge in [0.2, 0.25) is 5.91 Å². The van der Waals surface area contributed by atoms with E-state index in [0.29, 0.717) is 24.9 Å². The van der Waals surface area contributed by atoms with E-state index in [-0.39, 0.29) is 17.9 Å². The smallest absolute Gasteiger partial charge is 0.251 e. The van der Waals surface area contributed by atoms with Crippen LogP contribution < -0.4 is 5.32 Å². The van der Waals surface area contributed by atoms with Crippen molar-refractivity contribution in [2.75, 3.05) is 13.1 Å². The number of likely N-dealkylation sites (tertiary alicyclic amines) is 1. The lowest BCUT2D eigenvalue weighted by Crippen LogP contribution is -2.31. The van der Waals surface area contributed by atoms with Crippen LogP contribution in [0, 0.1) is 0 Å². The average Bonchev–Trinajstić information content (AvgIpc) is 3.16. The summed E-state index contributed by atoms with van der Waals surface area (Å²) in [6.45, 7) is 1.35. The molecule has 2 amide bonds. The molecular formula is C21H24N2O2. The van der Waals surface area contributed by atoms with Crippen LogP contribution in [0.2, 0.25) is 0 Å². The molecule has 2 aromatic rings. The molecule has 3 rings (SSSR count). The highest BCUT2D eigenvalue weighted by Gasteiger charge is 2.29. The first-order chi connectivity index (χ1) is 12.3. The van der Waals surface area contributed by atoms with E-state index in [1.807, 2.05) is 41.3 Å². The molecule has 1 atom stereocenters. The molecule has 1 fully saturated rings. The van der Waals surface area contributed by atoms with Crippen LogP contribution in [-0.4, -0.2) is 29.8 Å². The molecular weight excluding hydrogens is 312 g/mol. The molecule has 2 aromatic carbocycles. The second-order valence-corrected chi connectivity index (χ2v) is 6.38. The molecule has 1 unspecified atom stereocenters. The van der Waals surface area contributed by atoms with Crippen molar-refractivity contribution in [1.82, 2.24) is 10.2 Å². The number of hydrogen-bond acceptors (Lipinski definition) is 2. The molecule has 0 radical (unpaired) electrons. The minimum Gasteiger partial charge on any atom is -0.352 e. The van der Waals surface area contributed by atoms with Crippen LogP contribution in [0.25, 0.3) is 0 Å². The van der Waals surface area contributed by atoms with Crippen molar-refractivity contribution in [3.8, 4) is 0 Å². The summed E-state index contributed by atoms with van der Waals surface area (Å²) in [5.74, 6) is 0.0942. The molecule has 130 valence electrons. The predicted molar refractivity (Wildman–Crippen MR) is 98.1 cm³/mol.